The Morgan fingerprint density at radius 3 is 2.82 bits per heavy atom. The lowest BCUT2D eigenvalue weighted by atomic mass is 10.2. The van der Waals surface area contributed by atoms with Crippen LogP contribution in [0.3, 0.4) is 0 Å². The zero-order valence-corrected chi connectivity index (χ0v) is 14.4. The van der Waals surface area contributed by atoms with Crippen LogP contribution in [0.1, 0.15) is 16.8 Å². The van der Waals surface area contributed by atoms with Crippen LogP contribution in [0.25, 0.3) is 0 Å². The Hall–Kier alpha value is -0.750. The summed E-state index contributed by atoms with van der Waals surface area (Å²) < 4.78 is 0. The van der Waals surface area contributed by atoms with Gasteiger partial charge in [-0.2, -0.15) is 0 Å². The number of nitrogens with one attached hydrogen (secondary N) is 1. The number of amides is 1. The van der Waals surface area contributed by atoms with Crippen LogP contribution in [0.15, 0.2) is 23.1 Å². The van der Waals surface area contributed by atoms with Gasteiger partial charge in [-0.05, 0) is 30.9 Å². The van der Waals surface area contributed by atoms with E-state index in [9.17, 15) is 4.79 Å². The first-order valence-electron chi connectivity index (χ1n) is 7.76. The summed E-state index contributed by atoms with van der Waals surface area (Å²) in [4.78, 5) is 18.3. The monoisotopic (exact) mass is 339 g/mol. The fourth-order valence-electron chi connectivity index (χ4n) is 3.24. The molecule has 0 spiro atoms. The zero-order valence-electron chi connectivity index (χ0n) is 12.8. The molecule has 1 N–H and O–H groups in total. The molecule has 0 bridgehead atoms. The van der Waals surface area contributed by atoms with E-state index in [2.05, 4.69) is 10.2 Å². The van der Waals surface area contributed by atoms with Crippen molar-refractivity contribution in [2.75, 3.05) is 45.5 Å². The van der Waals surface area contributed by atoms with Crippen molar-refractivity contribution in [3.05, 3.63) is 28.8 Å². The first-order chi connectivity index (χ1) is 10.7. The highest BCUT2D eigenvalue weighted by atomic mass is 35.5. The van der Waals surface area contributed by atoms with Crippen molar-refractivity contribution >= 4 is 29.3 Å². The van der Waals surface area contributed by atoms with Gasteiger partial charge in [-0.15, -0.1) is 11.8 Å². The molecule has 2 fully saturated rings. The predicted molar refractivity (Wildman–Crippen MR) is 92.0 cm³/mol. The number of benzene rings is 1. The number of carbonyl (C=O) groups excluding carboxylic acids is 1. The summed E-state index contributed by atoms with van der Waals surface area (Å²) in [6, 6.07) is 6.18. The SMILES string of the molecule is CSc1ccc(Cl)c(C(=O)N2CCC(N3CCNCC3)C2)c1. The van der Waals surface area contributed by atoms with Crippen molar-refractivity contribution in [3.8, 4) is 0 Å². The van der Waals surface area contributed by atoms with Crippen molar-refractivity contribution in [2.24, 2.45) is 0 Å². The van der Waals surface area contributed by atoms with Gasteiger partial charge in [-0.25, -0.2) is 0 Å². The number of carbonyl (C=O) groups is 1. The Morgan fingerprint density at radius 2 is 2.09 bits per heavy atom. The minimum Gasteiger partial charge on any atom is -0.337 e. The summed E-state index contributed by atoms with van der Waals surface area (Å²) in [7, 11) is 0. The smallest absolute Gasteiger partial charge is 0.255 e. The van der Waals surface area contributed by atoms with Crippen LogP contribution in [0.5, 0.6) is 0 Å². The van der Waals surface area contributed by atoms with Gasteiger partial charge in [0, 0.05) is 50.2 Å². The van der Waals surface area contributed by atoms with Gasteiger partial charge in [0.1, 0.15) is 0 Å². The molecule has 2 aliphatic heterocycles. The van der Waals surface area contributed by atoms with Gasteiger partial charge in [0.2, 0.25) is 0 Å². The molecule has 1 amide bonds. The molecule has 1 aromatic carbocycles. The van der Waals surface area contributed by atoms with Crippen LogP contribution >= 0.6 is 23.4 Å². The molecule has 1 unspecified atom stereocenters. The van der Waals surface area contributed by atoms with Gasteiger partial charge in [0.15, 0.2) is 0 Å². The van der Waals surface area contributed by atoms with Crippen LogP contribution in [0.4, 0.5) is 0 Å². The number of thioether (sulfide) groups is 1. The summed E-state index contributed by atoms with van der Waals surface area (Å²) >= 11 is 7.87. The maximum atomic E-state index is 12.8. The minimum atomic E-state index is 0.0681. The lowest BCUT2D eigenvalue weighted by Crippen LogP contribution is -2.49. The summed E-state index contributed by atoms with van der Waals surface area (Å²) in [5.41, 5.74) is 0.634. The molecule has 6 heteroatoms. The topological polar surface area (TPSA) is 35.6 Å². The molecule has 2 saturated heterocycles. The Balaban J connectivity index is 1.68. The van der Waals surface area contributed by atoms with E-state index in [0.29, 0.717) is 16.6 Å². The molecule has 0 radical (unpaired) electrons. The molecular weight excluding hydrogens is 318 g/mol. The van der Waals surface area contributed by atoms with E-state index in [1.165, 1.54) is 0 Å². The van der Waals surface area contributed by atoms with Crippen molar-refractivity contribution in [1.29, 1.82) is 0 Å². The molecule has 3 rings (SSSR count). The number of nitrogens with zero attached hydrogens (tertiary/aromatic N) is 2. The van der Waals surface area contributed by atoms with Gasteiger partial charge >= 0.3 is 0 Å². The lowest BCUT2D eigenvalue weighted by molar-refractivity contribution is 0.0773. The first kappa shape index (κ1) is 16.1. The first-order valence-corrected chi connectivity index (χ1v) is 9.37. The molecule has 0 aromatic heterocycles. The average Bonchev–Trinajstić information content (AvgIpc) is 3.05. The number of likely N-dealkylation sites (tertiary alicyclic amines) is 1. The van der Waals surface area contributed by atoms with Gasteiger partial charge in [0.05, 0.1) is 10.6 Å². The van der Waals surface area contributed by atoms with Gasteiger partial charge in [0.25, 0.3) is 5.91 Å². The Kier molecular flexibility index (Phi) is 5.29. The number of hydrogen-bond donors (Lipinski definition) is 1. The molecule has 4 nitrogen and oxygen atoms in total. The molecule has 1 atom stereocenters. The number of rotatable bonds is 3. The molecule has 2 aliphatic rings. The Morgan fingerprint density at radius 1 is 1.32 bits per heavy atom. The van der Waals surface area contributed by atoms with E-state index >= 15 is 0 Å². The third kappa shape index (κ3) is 3.43. The van der Waals surface area contributed by atoms with E-state index in [1.807, 2.05) is 29.4 Å². The third-order valence-electron chi connectivity index (χ3n) is 4.52. The number of piperazine rings is 1. The van der Waals surface area contributed by atoms with E-state index < -0.39 is 0 Å². The molecule has 1 aromatic rings. The maximum absolute atomic E-state index is 12.8. The normalized spacial score (nSPS) is 23.0. The highest BCUT2D eigenvalue weighted by Crippen LogP contribution is 2.26. The summed E-state index contributed by atoms with van der Waals surface area (Å²) in [6.45, 7) is 5.90. The number of hydrogen-bond acceptors (Lipinski definition) is 4. The van der Waals surface area contributed by atoms with Crippen molar-refractivity contribution in [2.45, 2.75) is 17.4 Å². The quantitative estimate of drug-likeness (QED) is 0.856. The van der Waals surface area contributed by atoms with Crippen molar-refractivity contribution in [3.63, 3.8) is 0 Å². The van der Waals surface area contributed by atoms with Gasteiger partial charge in [-0.3, -0.25) is 9.69 Å². The lowest BCUT2D eigenvalue weighted by Gasteiger charge is -2.32. The third-order valence-corrected chi connectivity index (χ3v) is 5.58. The van der Waals surface area contributed by atoms with E-state index in [0.717, 1.165) is 50.6 Å². The standard InChI is InChI=1S/C16H22ClN3OS/c1-22-13-2-3-15(17)14(10-13)16(21)20-7-4-12(11-20)19-8-5-18-6-9-19/h2-3,10,12,18H,4-9,11H2,1H3. The van der Waals surface area contributed by atoms with Crippen LogP contribution in [-0.2, 0) is 0 Å². The summed E-state index contributed by atoms with van der Waals surface area (Å²) in [5, 5.41) is 3.93. The van der Waals surface area contributed by atoms with Gasteiger partial charge in [-0.1, -0.05) is 11.6 Å². The highest BCUT2D eigenvalue weighted by molar-refractivity contribution is 7.98. The largest absolute Gasteiger partial charge is 0.337 e. The molecule has 0 aliphatic carbocycles. The second-order valence-electron chi connectivity index (χ2n) is 5.83. The maximum Gasteiger partial charge on any atom is 0.255 e. The Bertz CT molecular complexity index is 548. The second-order valence-corrected chi connectivity index (χ2v) is 7.11. The van der Waals surface area contributed by atoms with E-state index in [1.54, 1.807) is 11.8 Å². The molecule has 2 heterocycles. The minimum absolute atomic E-state index is 0.0681. The highest BCUT2D eigenvalue weighted by Gasteiger charge is 2.31. The average molecular weight is 340 g/mol. The number of halogens is 1. The van der Waals surface area contributed by atoms with Crippen LogP contribution in [-0.4, -0.2) is 67.3 Å². The fraction of sp³-hybridized carbons (Fsp3) is 0.562. The van der Waals surface area contributed by atoms with E-state index in [-0.39, 0.29) is 5.91 Å². The summed E-state index contributed by atoms with van der Waals surface area (Å²) in [5.74, 6) is 0.0681. The van der Waals surface area contributed by atoms with Crippen molar-refractivity contribution < 1.29 is 4.79 Å². The molecule has 22 heavy (non-hydrogen) atoms. The molecule has 120 valence electrons. The van der Waals surface area contributed by atoms with Crippen LogP contribution < -0.4 is 5.32 Å². The van der Waals surface area contributed by atoms with Crippen molar-refractivity contribution in [1.82, 2.24) is 15.1 Å². The molecule has 0 saturated carbocycles. The molecular formula is C16H22ClN3OS. The predicted octanol–water partition coefficient (Wildman–Crippen LogP) is 2.18. The van der Waals surface area contributed by atoms with Gasteiger partial charge < -0.3 is 10.2 Å². The van der Waals surface area contributed by atoms with Crippen LogP contribution in [0, 0.1) is 0 Å². The Labute approximate surface area is 141 Å². The fourth-order valence-corrected chi connectivity index (χ4v) is 3.88. The van der Waals surface area contributed by atoms with E-state index in [4.69, 9.17) is 11.6 Å². The zero-order chi connectivity index (χ0) is 15.5. The summed E-state index contributed by atoms with van der Waals surface area (Å²) in [6.07, 6.45) is 3.07. The second kappa shape index (κ2) is 7.21. The van der Waals surface area contributed by atoms with Crippen LogP contribution in [0.2, 0.25) is 5.02 Å².